The first-order valence-electron chi connectivity index (χ1n) is 8.57. The number of carbonyl (C=O) groups is 1. The molecule has 2 fully saturated rings. The summed E-state index contributed by atoms with van der Waals surface area (Å²) in [5.41, 5.74) is 0. The van der Waals surface area contributed by atoms with Crippen molar-refractivity contribution in [1.29, 1.82) is 0 Å². The third-order valence-corrected chi connectivity index (χ3v) is 5.41. The Labute approximate surface area is 139 Å². The molecule has 2 saturated heterocycles. The van der Waals surface area contributed by atoms with Crippen LogP contribution in [0.25, 0.3) is 0 Å². The first-order chi connectivity index (χ1) is 10.9. The van der Waals surface area contributed by atoms with Gasteiger partial charge in [-0.1, -0.05) is 6.92 Å². The molecule has 1 unspecified atom stereocenters. The lowest BCUT2D eigenvalue weighted by Crippen LogP contribution is -2.51. The minimum atomic E-state index is -3.19. The van der Waals surface area contributed by atoms with Crippen LogP contribution in [0, 0.1) is 0 Å². The summed E-state index contributed by atoms with van der Waals surface area (Å²) in [6.07, 6.45) is 4.95. The van der Waals surface area contributed by atoms with E-state index in [4.69, 9.17) is 0 Å². The van der Waals surface area contributed by atoms with Crippen LogP contribution in [0.5, 0.6) is 0 Å². The molecule has 7 nitrogen and oxygen atoms in total. The molecule has 2 N–H and O–H groups in total. The van der Waals surface area contributed by atoms with Gasteiger partial charge in [0, 0.05) is 31.7 Å². The zero-order valence-corrected chi connectivity index (χ0v) is 15.1. The molecule has 0 aromatic rings. The van der Waals surface area contributed by atoms with Crippen LogP contribution in [0.15, 0.2) is 0 Å². The maximum Gasteiger partial charge on any atom is 0.234 e. The smallest absolute Gasteiger partial charge is 0.234 e. The van der Waals surface area contributed by atoms with Crippen LogP contribution in [0.4, 0.5) is 0 Å². The van der Waals surface area contributed by atoms with Gasteiger partial charge in [-0.25, -0.2) is 13.1 Å². The monoisotopic (exact) mass is 346 g/mol. The summed E-state index contributed by atoms with van der Waals surface area (Å²) in [6.45, 7) is 7.14. The van der Waals surface area contributed by atoms with E-state index in [0.717, 1.165) is 51.9 Å². The van der Waals surface area contributed by atoms with Crippen LogP contribution in [0.2, 0.25) is 0 Å². The number of hydrogen-bond donors (Lipinski definition) is 2. The quantitative estimate of drug-likeness (QED) is 0.684. The van der Waals surface area contributed by atoms with Gasteiger partial charge in [0.05, 0.1) is 12.8 Å². The standard InChI is InChI=1S/C15H30N4O3S/c1-3-18-9-6-13(7-10-18)16-15(20)12-19-8-4-5-14(11-19)17-23(2,21)22/h13-14,17H,3-12H2,1-2H3,(H,16,20). The molecule has 2 aliphatic heterocycles. The highest BCUT2D eigenvalue weighted by Gasteiger charge is 2.25. The Morgan fingerprint density at radius 3 is 2.39 bits per heavy atom. The molecule has 0 bridgehead atoms. The first-order valence-corrected chi connectivity index (χ1v) is 10.5. The van der Waals surface area contributed by atoms with Gasteiger partial charge in [-0.15, -0.1) is 0 Å². The second-order valence-corrected chi connectivity index (χ2v) is 8.52. The number of nitrogens with zero attached hydrogens (tertiary/aromatic N) is 2. The third kappa shape index (κ3) is 6.74. The molecule has 2 rings (SSSR count). The molecular weight excluding hydrogens is 316 g/mol. The lowest BCUT2D eigenvalue weighted by molar-refractivity contribution is -0.123. The molecule has 0 aromatic carbocycles. The Morgan fingerprint density at radius 2 is 1.78 bits per heavy atom. The molecule has 134 valence electrons. The molecule has 1 amide bonds. The summed E-state index contributed by atoms with van der Waals surface area (Å²) < 4.78 is 25.3. The number of likely N-dealkylation sites (tertiary alicyclic amines) is 2. The van der Waals surface area contributed by atoms with Crippen molar-refractivity contribution in [1.82, 2.24) is 19.8 Å². The van der Waals surface area contributed by atoms with Gasteiger partial charge in [-0.2, -0.15) is 0 Å². The van der Waals surface area contributed by atoms with Crippen molar-refractivity contribution in [3.63, 3.8) is 0 Å². The highest BCUT2D eigenvalue weighted by Crippen LogP contribution is 2.12. The Morgan fingerprint density at radius 1 is 1.09 bits per heavy atom. The summed E-state index contributed by atoms with van der Waals surface area (Å²) in [5.74, 6) is 0.0555. The zero-order chi connectivity index (χ0) is 16.9. The van der Waals surface area contributed by atoms with Gasteiger partial charge in [0.15, 0.2) is 0 Å². The van der Waals surface area contributed by atoms with Gasteiger partial charge in [-0.3, -0.25) is 9.69 Å². The summed E-state index contributed by atoms with van der Waals surface area (Å²) in [4.78, 5) is 16.7. The first kappa shape index (κ1) is 18.6. The largest absolute Gasteiger partial charge is 0.352 e. The predicted molar refractivity (Wildman–Crippen MR) is 90.7 cm³/mol. The van der Waals surface area contributed by atoms with Gasteiger partial charge < -0.3 is 10.2 Å². The Kier molecular flexibility index (Phi) is 6.82. The number of amides is 1. The summed E-state index contributed by atoms with van der Waals surface area (Å²) in [5, 5.41) is 3.13. The van der Waals surface area contributed by atoms with Gasteiger partial charge in [-0.05, 0) is 38.8 Å². The van der Waals surface area contributed by atoms with Crippen molar-refractivity contribution in [3.05, 3.63) is 0 Å². The van der Waals surface area contributed by atoms with Crippen molar-refractivity contribution < 1.29 is 13.2 Å². The summed E-state index contributed by atoms with van der Waals surface area (Å²) >= 11 is 0. The number of rotatable bonds is 6. The van der Waals surface area contributed by atoms with Gasteiger partial charge in [0.2, 0.25) is 15.9 Å². The molecule has 8 heteroatoms. The number of sulfonamides is 1. The lowest BCUT2D eigenvalue weighted by atomic mass is 10.0. The Hall–Kier alpha value is -0.700. The molecule has 0 saturated carbocycles. The molecule has 0 aliphatic carbocycles. The number of piperidine rings is 2. The summed E-state index contributed by atoms with van der Waals surface area (Å²) in [6, 6.07) is 0.194. The van der Waals surface area contributed by atoms with Gasteiger partial charge in [0.25, 0.3) is 0 Å². The van der Waals surface area contributed by atoms with Crippen molar-refractivity contribution in [3.8, 4) is 0 Å². The van der Waals surface area contributed by atoms with E-state index in [9.17, 15) is 13.2 Å². The van der Waals surface area contributed by atoms with Crippen LogP contribution in [0.1, 0.15) is 32.6 Å². The highest BCUT2D eigenvalue weighted by molar-refractivity contribution is 7.88. The van der Waals surface area contributed by atoms with Gasteiger partial charge in [0.1, 0.15) is 0 Å². The fourth-order valence-electron chi connectivity index (χ4n) is 3.47. The number of carbonyl (C=O) groups excluding carboxylic acids is 1. The zero-order valence-electron chi connectivity index (χ0n) is 14.3. The van der Waals surface area contributed by atoms with Crippen LogP contribution >= 0.6 is 0 Å². The molecule has 0 aromatic heterocycles. The second kappa shape index (κ2) is 8.41. The minimum Gasteiger partial charge on any atom is -0.352 e. The van der Waals surface area contributed by atoms with E-state index in [1.54, 1.807) is 0 Å². The Bertz CT molecular complexity index is 489. The molecule has 0 spiro atoms. The second-order valence-electron chi connectivity index (χ2n) is 6.74. The van der Waals surface area contributed by atoms with E-state index >= 15 is 0 Å². The maximum atomic E-state index is 12.2. The summed E-state index contributed by atoms with van der Waals surface area (Å²) in [7, 11) is -3.19. The lowest BCUT2D eigenvalue weighted by Gasteiger charge is -2.34. The van der Waals surface area contributed by atoms with Crippen molar-refractivity contribution in [2.24, 2.45) is 0 Å². The van der Waals surface area contributed by atoms with E-state index in [2.05, 4.69) is 21.9 Å². The van der Waals surface area contributed by atoms with E-state index < -0.39 is 10.0 Å². The van der Waals surface area contributed by atoms with Crippen LogP contribution in [-0.2, 0) is 14.8 Å². The normalized spacial score (nSPS) is 25.4. The highest BCUT2D eigenvalue weighted by atomic mass is 32.2. The van der Waals surface area contributed by atoms with E-state index in [0.29, 0.717) is 13.1 Å². The Balaban J connectivity index is 1.72. The molecular formula is C15H30N4O3S. The van der Waals surface area contributed by atoms with Crippen LogP contribution in [0.3, 0.4) is 0 Å². The molecule has 2 aliphatic rings. The van der Waals surface area contributed by atoms with E-state index in [1.807, 2.05) is 4.90 Å². The number of nitrogens with one attached hydrogen (secondary N) is 2. The van der Waals surface area contributed by atoms with E-state index in [1.165, 1.54) is 6.26 Å². The van der Waals surface area contributed by atoms with Gasteiger partial charge >= 0.3 is 0 Å². The molecule has 23 heavy (non-hydrogen) atoms. The molecule has 1 atom stereocenters. The van der Waals surface area contributed by atoms with Crippen LogP contribution < -0.4 is 10.0 Å². The average molecular weight is 346 g/mol. The van der Waals surface area contributed by atoms with Crippen LogP contribution in [-0.4, -0.2) is 81.7 Å². The molecule has 0 radical (unpaired) electrons. The topological polar surface area (TPSA) is 81.8 Å². The minimum absolute atomic E-state index is 0.0555. The molecule has 2 heterocycles. The average Bonchev–Trinajstić information content (AvgIpc) is 2.46. The van der Waals surface area contributed by atoms with E-state index in [-0.39, 0.29) is 18.0 Å². The fraction of sp³-hybridized carbons (Fsp3) is 0.933. The van der Waals surface area contributed by atoms with Crippen molar-refractivity contribution >= 4 is 15.9 Å². The van der Waals surface area contributed by atoms with Crippen molar-refractivity contribution in [2.75, 3.05) is 45.5 Å². The fourth-order valence-corrected chi connectivity index (χ4v) is 4.27. The predicted octanol–water partition coefficient (Wildman–Crippen LogP) is -0.399. The number of hydrogen-bond acceptors (Lipinski definition) is 5. The maximum absolute atomic E-state index is 12.2. The third-order valence-electron chi connectivity index (χ3n) is 4.65. The SMILES string of the molecule is CCN1CCC(NC(=O)CN2CCCC(NS(C)(=O)=O)C2)CC1. The van der Waals surface area contributed by atoms with Crippen molar-refractivity contribution in [2.45, 2.75) is 44.7 Å².